The van der Waals surface area contributed by atoms with Crippen LogP contribution in [-0.4, -0.2) is 93.6 Å². The molecule has 15 heteroatoms. The number of aliphatic carboxylic acids is 2. The second-order valence-corrected chi connectivity index (χ2v) is 8.63. The second-order valence-electron chi connectivity index (χ2n) is 8.63. The van der Waals surface area contributed by atoms with Gasteiger partial charge in [-0.3, -0.25) is 14.7 Å². The highest BCUT2D eigenvalue weighted by molar-refractivity contribution is 5.79. The van der Waals surface area contributed by atoms with Gasteiger partial charge in [-0.05, 0) is 37.3 Å². The molecule has 0 unspecified atom stereocenters. The van der Waals surface area contributed by atoms with Crippen molar-refractivity contribution in [1.82, 2.24) is 14.8 Å². The van der Waals surface area contributed by atoms with Gasteiger partial charge in [-0.25, -0.2) is 9.59 Å². The monoisotopic (exact) mass is 543 g/mol. The predicted octanol–water partition coefficient (Wildman–Crippen LogP) is 2.95. The first-order chi connectivity index (χ1) is 17.2. The highest BCUT2D eigenvalue weighted by Gasteiger charge is 2.43. The first kappa shape index (κ1) is 30.3. The summed E-state index contributed by atoms with van der Waals surface area (Å²) < 4.78 is 69.4. The van der Waals surface area contributed by atoms with Gasteiger partial charge in [0.1, 0.15) is 0 Å². The van der Waals surface area contributed by atoms with Crippen molar-refractivity contribution in [3.8, 4) is 0 Å². The van der Waals surface area contributed by atoms with Gasteiger partial charge in [0.2, 0.25) is 5.91 Å². The van der Waals surface area contributed by atoms with Gasteiger partial charge in [0.25, 0.3) is 0 Å². The third-order valence-electron chi connectivity index (χ3n) is 5.98. The third kappa shape index (κ3) is 9.46. The average Bonchev–Trinajstić information content (AvgIpc) is 3.51. The van der Waals surface area contributed by atoms with Gasteiger partial charge in [-0.15, -0.1) is 0 Å². The minimum absolute atomic E-state index is 0.0871. The highest BCUT2D eigenvalue weighted by Crippen LogP contribution is 2.33. The molecule has 1 aromatic rings. The van der Waals surface area contributed by atoms with Gasteiger partial charge >= 0.3 is 24.3 Å². The largest absolute Gasteiger partial charge is 0.490 e. The number of carboxylic acids is 2. The molecule has 2 N–H and O–H groups in total. The average molecular weight is 543 g/mol. The van der Waals surface area contributed by atoms with Crippen molar-refractivity contribution >= 4 is 17.8 Å². The quantitative estimate of drug-likeness (QED) is 0.559. The minimum atomic E-state index is -5.08. The van der Waals surface area contributed by atoms with E-state index in [1.165, 1.54) is 5.56 Å². The van der Waals surface area contributed by atoms with Crippen LogP contribution in [0.2, 0.25) is 0 Å². The molecule has 1 amide bonds. The molecule has 3 atom stereocenters. The zero-order chi connectivity index (χ0) is 27.8. The van der Waals surface area contributed by atoms with Crippen molar-refractivity contribution in [1.29, 1.82) is 0 Å². The van der Waals surface area contributed by atoms with E-state index in [1.54, 1.807) is 6.20 Å². The molecule has 0 aromatic carbocycles. The van der Waals surface area contributed by atoms with Crippen molar-refractivity contribution in [2.75, 3.05) is 26.2 Å². The Labute approximate surface area is 208 Å². The number of carbonyl (C=O) groups excluding carboxylic acids is 1. The number of carboxylic acid groups (broad SMARTS) is 2. The number of piperidine rings is 1. The first-order valence-electron chi connectivity index (χ1n) is 11.3. The topological polar surface area (TPSA) is 120 Å². The summed E-state index contributed by atoms with van der Waals surface area (Å²) in [6.07, 6.45) is -1.94. The van der Waals surface area contributed by atoms with Crippen molar-refractivity contribution in [3.05, 3.63) is 30.1 Å². The number of nitrogens with zero attached hydrogens (tertiary/aromatic N) is 3. The lowest BCUT2D eigenvalue weighted by Crippen LogP contribution is -2.52. The van der Waals surface area contributed by atoms with Crippen molar-refractivity contribution < 1.29 is 55.7 Å². The summed E-state index contributed by atoms with van der Waals surface area (Å²) >= 11 is 0. The number of ether oxygens (including phenoxy) is 1. The Hall–Kier alpha value is -2.94. The maximum atomic E-state index is 12.8. The molecule has 0 bridgehead atoms. The number of hydrogen-bond acceptors (Lipinski definition) is 6. The number of aromatic nitrogens is 1. The Balaban J connectivity index is 0.000000286. The van der Waals surface area contributed by atoms with Crippen LogP contribution in [0, 0.1) is 5.92 Å². The van der Waals surface area contributed by atoms with Crippen molar-refractivity contribution in [2.45, 2.75) is 56.7 Å². The molecule has 4 heterocycles. The van der Waals surface area contributed by atoms with Crippen LogP contribution in [0.4, 0.5) is 26.3 Å². The Morgan fingerprint density at radius 3 is 2.08 bits per heavy atom. The van der Waals surface area contributed by atoms with Crippen molar-refractivity contribution in [3.63, 3.8) is 0 Å². The molecule has 3 fully saturated rings. The molecule has 4 rings (SSSR count). The molecule has 208 valence electrons. The molecular formula is C22H27F6N3O6. The Morgan fingerprint density at radius 2 is 1.59 bits per heavy atom. The van der Waals surface area contributed by atoms with E-state index in [1.807, 2.05) is 12.3 Å². The van der Waals surface area contributed by atoms with Crippen LogP contribution in [0.5, 0.6) is 0 Å². The normalized spacial score (nSPS) is 23.7. The Kier molecular flexibility index (Phi) is 10.7. The molecule has 37 heavy (non-hydrogen) atoms. The van der Waals surface area contributed by atoms with E-state index < -0.39 is 24.3 Å². The smallest absolute Gasteiger partial charge is 0.475 e. The summed E-state index contributed by atoms with van der Waals surface area (Å²) in [5, 5.41) is 14.2. The van der Waals surface area contributed by atoms with Gasteiger partial charge in [0.15, 0.2) is 0 Å². The lowest BCUT2D eigenvalue weighted by molar-refractivity contribution is -0.193. The number of rotatable bonds is 3. The van der Waals surface area contributed by atoms with Crippen LogP contribution in [0.1, 0.15) is 31.2 Å². The fourth-order valence-electron chi connectivity index (χ4n) is 4.34. The van der Waals surface area contributed by atoms with Crippen molar-refractivity contribution in [2.24, 2.45) is 5.92 Å². The SMILES string of the molecule is O=C(O)C(F)(F)F.O=C(O)C(F)(F)F.O=C([C@H]1C[C@H]2OCC[C@H]2N(Cc2cccnc2)C1)N1CCCC1. The molecule has 9 nitrogen and oxygen atoms in total. The van der Waals surface area contributed by atoms with E-state index in [0.717, 1.165) is 58.5 Å². The molecule has 0 spiro atoms. The minimum Gasteiger partial charge on any atom is -0.475 e. The molecule has 1 aromatic heterocycles. The highest BCUT2D eigenvalue weighted by atomic mass is 19.4. The standard InChI is InChI=1S/C18H25N3O2.2C2HF3O2/c22-18(20-7-1-2-8-20)15-10-17-16(5-9-23-17)21(13-15)12-14-4-3-6-19-11-14;2*3-2(4,5)1(6)7/h3-4,6,11,15-17H,1-2,5,7-10,12-13H2;2*(H,6,7)/t15-,16+,17+;;/m0../s1. The lowest BCUT2D eigenvalue weighted by Gasteiger charge is -2.41. The Morgan fingerprint density at radius 1 is 1.03 bits per heavy atom. The molecule has 3 saturated heterocycles. The molecule has 0 aliphatic carbocycles. The molecule has 0 saturated carbocycles. The van der Waals surface area contributed by atoms with Gasteiger partial charge in [-0.1, -0.05) is 6.07 Å². The summed E-state index contributed by atoms with van der Waals surface area (Å²) in [6, 6.07) is 4.55. The number of pyridine rings is 1. The zero-order valence-corrected chi connectivity index (χ0v) is 19.5. The summed E-state index contributed by atoms with van der Waals surface area (Å²) in [4.78, 5) is 39.3. The number of amides is 1. The maximum Gasteiger partial charge on any atom is 0.490 e. The van der Waals surface area contributed by atoms with E-state index >= 15 is 0 Å². The maximum absolute atomic E-state index is 12.8. The van der Waals surface area contributed by atoms with Gasteiger partial charge in [0.05, 0.1) is 12.0 Å². The van der Waals surface area contributed by atoms with E-state index in [0.29, 0.717) is 11.9 Å². The summed E-state index contributed by atoms with van der Waals surface area (Å²) in [5.74, 6) is -5.09. The summed E-state index contributed by atoms with van der Waals surface area (Å²) in [7, 11) is 0. The van der Waals surface area contributed by atoms with Crippen LogP contribution in [0.3, 0.4) is 0 Å². The number of fused-ring (bicyclic) bond motifs is 1. The first-order valence-corrected chi connectivity index (χ1v) is 11.3. The van der Waals surface area contributed by atoms with Crippen LogP contribution in [0.15, 0.2) is 24.5 Å². The zero-order valence-electron chi connectivity index (χ0n) is 19.5. The van der Waals surface area contributed by atoms with Crippen LogP contribution >= 0.6 is 0 Å². The summed E-state index contributed by atoms with van der Waals surface area (Å²) in [5.41, 5.74) is 1.22. The fourth-order valence-corrected chi connectivity index (χ4v) is 4.34. The van der Waals surface area contributed by atoms with E-state index in [2.05, 4.69) is 20.9 Å². The van der Waals surface area contributed by atoms with Crippen LogP contribution < -0.4 is 0 Å². The summed E-state index contributed by atoms with van der Waals surface area (Å²) in [6.45, 7) is 4.42. The van der Waals surface area contributed by atoms with Gasteiger partial charge in [0, 0.05) is 51.2 Å². The number of halogens is 6. The molecule has 3 aliphatic heterocycles. The molecule has 0 radical (unpaired) electrons. The number of likely N-dealkylation sites (tertiary alicyclic amines) is 2. The predicted molar refractivity (Wildman–Crippen MR) is 114 cm³/mol. The lowest BCUT2D eigenvalue weighted by atomic mass is 9.88. The molecular weight excluding hydrogens is 516 g/mol. The van der Waals surface area contributed by atoms with Gasteiger partial charge in [-0.2, -0.15) is 26.3 Å². The Bertz CT molecular complexity index is 884. The van der Waals surface area contributed by atoms with E-state index in [9.17, 15) is 31.1 Å². The van der Waals surface area contributed by atoms with Crippen LogP contribution in [-0.2, 0) is 25.7 Å². The van der Waals surface area contributed by atoms with E-state index in [-0.39, 0.29) is 12.0 Å². The number of hydrogen-bond donors (Lipinski definition) is 2. The second kappa shape index (κ2) is 13.0. The van der Waals surface area contributed by atoms with Crippen LogP contribution in [0.25, 0.3) is 0 Å². The third-order valence-corrected chi connectivity index (χ3v) is 5.98. The fraction of sp³-hybridized carbons (Fsp3) is 0.636. The number of carbonyl (C=O) groups is 3. The van der Waals surface area contributed by atoms with Gasteiger partial charge < -0.3 is 19.8 Å². The van der Waals surface area contributed by atoms with E-state index in [4.69, 9.17) is 24.5 Å². The number of alkyl halides is 6. The molecule has 3 aliphatic rings.